The van der Waals surface area contributed by atoms with Gasteiger partial charge in [0.1, 0.15) is 10.6 Å². The third-order valence-corrected chi connectivity index (χ3v) is 8.08. The number of amides is 1. The van der Waals surface area contributed by atoms with Crippen molar-refractivity contribution in [2.45, 2.75) is 32.1 Å². The summed E-state index contributed by atoms with van der Waals surface area (Å²) in [6.45, 7) is 7.48. The first-order valence-corrected chi connectivity index (χ1v) is 12.5. The number of para-hydroxylation sites is 1. The summed E-state index contributed by atoms with van der Waals surface area (Å²) < 4.78 is 33.9. The Kier molecular flexibility index (Phi) is 6.67. The first kappa shape index (κ1) is 23.2. The van der Waals surface area contributed by atoms with Gasteiger partial charge >= 0.3 is 0 Å². The van der Waals surface area contributed by atoms with Gasteiger partial charge in [-0.2, -0.15) is 4.31 Å². The maximum absolute atomic E-state index is 13.3. The number of hydrogen-bond acceptors (Lipinski definition) is 5. The zero-order valence-electron chi connectivity index (χ0n) is 19.2. The summed E-state index contributed by atoms with van der Waals surface area (Å²) in [6, 6.07) is 13.0. The van der Waals surface area contributed by atoms with Gasteiger partial charge in [0.15, 0.2) is 0 Å². The number of carbonyl (C=O) groups is 1. The van der Waals surface area contributed by atoms with E-state index in [9.17, 15) is 13.2 Å². The molecule has 1 aliphatic rings. The van der Waals surface area contributed by atoms with Crippen LogP contribution in [0.15, 0.2) is 53.6 Å². The molecule has 1 aliphatic heterocycles. The van der Waals surface area contributed by atoms with Gasteiger partial charge in [0.2, 0.25) is 15.9 Å². The number of piperazine rings is 1. The molecule has 3 aromatic rings. The molecule has 4 rings (SSSR count). The van der Waals surface area contributed by atoms with Crippen molar-refractivity contribution >= 4 is 26.8 Å². The molecule has 1 amide bonds. The summed E-state index contributed by atoms with van der Waals surface area (Å²) in [5, 5.41) is 0.800. The monoisotopic (exact) mass is 467 g/mol. The van der Waals surface area contributed by atoms with Crippen molar-refractivity contribution in [3.63, 3.8) is 0 Å². The summed E-state index contributed by atoms with van der Waals surface area (Å²) in [4.78, 5) is 18.9. The lowest BCUT2D eigenvalue weighted by Crippen LogP contribution is -2.50. The van der Waals surface area contributed by atoms with Crippen LogP contribution in [0.2, 0.25) is 0 Å². The molecule has 0 N–H and O–H groups in total. The van der Waals surface area contributed by atoms with Crippen molar-refractivity contribution in [1.82, 2.24) is 14.2 Å². The first-order chi connectivity index (χ1) is 15.8. The van der Waals surface area contributed by atoms with Crippen molar-refractivity contribution in [3.8, 4) is 5.75 Å². The molecule has 0 radical (unpaired) electrons. The van der Waals surface area contributed by atoms with Crippen LogP contribution in [0.5, 0.6) is 5.75 Å². The molecule has 2 heterocycles. The maximum Gasteiger partial charge on any atom is 0.245 e. The number of carbonyl (C=O) groups excluding carboxylic acids is 1. The highest BCUT2D eigenvalue weighted by Crippen LogP contribution is 2.26. The maximum atomic E-state index is 13.3. The fourth-order valence-electron chi connectivity index (χ4n) is 4.05. The van der Waals surface area contributed by atoms with Crippen LogP contribution in [0.4, 0.5) is 0 Å². The zero-order chi connectivity index (χ0) is 23.6. The molecule has 1 saturated heterocycles. The highest BCUT2D eigenvalue weighted by atomic mass is 32.2. The second-order valence-electron chi connectivity index (χ2n) is 8.42. The SMILES string of the molecule is Cc1cnc2c(S(=O)(=O)N3CCN(C(=O)CCOc4cccc(C)c4C)CC3)cccc2c1. The minimum atomic E-state index is -3.70. The largest absolute Gasteiger partial charge is 0.493 e. The number of pyridine rings is 1. The third kappa shape index (κ3) is 4.86. The topological polar surface area (TPSA) is 79.8 Å². The quantitative estimate of drug-likeness (QED) is 0.555. The van der Waals surface area contributed by atoms with Crippen molar-refractivity contribution < 1.29 is 17.9 Å². The van der Waals surface area contributed by atoms with Crippen LogP contribution in [-0.2, 0) is 14.8 Å². The van der Waals surface area contributed by atoms with E-state index in [1.54, 1.807) is 23.2 Å². The van der Waals surface area contributed by atoms with Crippen LogP contribution in [-0.4, -0.2) is 61.3 Å². The predicted octanol–water partition coefficient (Wildman–Crippen LogP) is 3.46. The van der Waals surface area contributed by atoms with E-state index in [1.165, 1.54) is 4.31 Å². The molecular weight excluding hydrogens is 438 g/mol. The fourth-order valence-corrected chi connectivity index (χ4v) is 5.64. The molecule has 0 unspecified atom stereocenters. The third-order valence-electron chi connectivity index (χ3n) is 6.15. The fraction of sp³-hybridized carbons (Fsp3) is 0.360. The molecule has 7 nitrogen and oxygen atoms in total. The van der Waals surface area contributed by atoms with Crippen molar-refractivity contribution in [3.05, 3.63) is 65.4 Å². The van der Waals surface area contributed by atoms with E-state index in [4.69, 9.17) is 4.74 Å². The Morgan fingerprint density at radius 1 is 1.03 bits per heavy atom. The van der Waals surface area contributed by atoms with Crippen LogP contribution < -0.4 is 4.74 Å². The van der Waals surface area contributed by atoms with Gasteiger partial charge < -0.3 is 9.64 Å². The van der Waals surface area contributed by atoms with E-state index in [2.05, 4.69) is 4.98 Å². The molecule has 1 aromatic heterocycles. The Balaban J connectivity index is 1.36. The second-order valence-corrected chi connectivity index (χ2v) is 10.3. The number of aromatic nitrogens is 1. The van der Waals surface area contributed by atoms with E-state index >= 15 is 0 Å². The van der Waals surface area contributed by atoms with E-state index < -0.39 is 10.0 Å². The van der Waals surface area contributed by atoms with E-state index in [1.807, 2.05) is 51.1 Å². The normalized spacial score (nSPS) is 15.1. The molecule has 174 valence electrons. The number of ether oxygens (including phenoxy) is 1. The molecule has 8 heteroatoms. The molecule has 0 saturated carbocycles. The average molecular weight is 468 g/mol. The predicted molar refractivity (Wildman–Crippen MR) is 128 cm³/mol. The Bertz CT molecular complexity index is 1280. The summed E-state index contributed by atoms with van der Waals surface area (Å²) >= 11 is 0. The number of sulfonamides is 1. The number of nitrogens with zero attached hydrogens (tertiary/aromatic N) is 3. The molecule has 0 atom stereocenters. The number of aryl methyl sites for hydroxylation is 2. The van der Waals surface area contributed by atoms with Gasteiger partial charge in [-0.15, -0.1) is 0 Å². The molecule has 2 aromatic carbocycles. The van der Waals surface area contributed by atoms with E-state index in [0.29, 0.717) is 25.2 Å². The molecule has 1 fully saturated rings. The summed E-state index contributed by atoms with van der Waals surface area (Å²) in [5.41, 5.74) is 3.67. The summed E-state index contributed by atoms with van der Waals surface area (Å²) in [5.74, 6) is 0.761. The van der Waals surface area contributed by atoms with Crippen LogP contribution in [0.1, 0.15) is 23.1 Å². The van der Waals surface area contributed by atoms with Gasteiger partial charge in [0.25, 0.3) is 0 Å². The van der Waals surface area contributed by atoms with Crippen molar-refractivity contribution in [2.24, 2.45) is 0 Å². The Labute approximate surface area is 195 Å². The number of fused-ring (bicyclic) bond motifs is 1. The Morgan fingerprint density at radius 3 is 2.52 bits per heavy atom. The first-order valence-electron chi connectivity index (χ1n) is 11.1. The molecule has 0 spiro atoms. The van der Waals surface area contributed by atoms with Gasteiger partial charge in [-0.1, -0.05) is 24.3 Å². The number of rotatable bonds is 6. The van der Waals surface area contributed by atoms with Gasteiger partial charge in [-0.25, -0.2) is 8.42 Å². The summed E-state index contributed by atoms with van der Waals surface area (Å²) in [6.07, 6.45) is 1.94. The van der Waals surface area contributed by atoms with Gasteiger partial charge in [0, 0.05) is 37.8 Å². The van der Waals surface area contributed by atoms with Gasteiger partial charge in [-0.3, -0.25) is 9.78 Å². The number of hydrogen-bond donors (Lipinski definition) is 0. The van der Waals surface area contributed by atoms with E-state index in [0.717, 1.165) is 27.8 Å². The van der Waals surface area contributed by atoms with E-state index in [-0.39, 0.29) is 30.3 Å². The zero-order valence-corrected chi connectivity index (χ0v) is 20.1. The average Bonchev–Trinajstić information content (AvgIpc) is 2.81. The molecule has 0 aliphatic carbocycles. The van der Waals surface area contributed by atoms with Crippen LogP contribution in [0, 0.1) is 20.8 Å². The van der Waals surface area contributed by atoms with Crippen molar-refractivity contribution in [2.75, 3.05) is 32.8 Å². The van der Waals surface area contributed by atoms with Gasteiger partial charge in [-0.05, 0) is 55.7 Å². The lowest BCUT2D eigenvalue weighted by molar-refractivity contribution is -0.132. The highest BCUT2D eigenvalue weighted by molar-refractivity contribution is 7.89. The minimum absolute atomic E-state index is 0.0281. The Hall–Kier alpha value is -2.97. The minimum Gasteiger partial charge on any atom is -0.493 e. The van der Waals surface area contributed by atoms with Crippen molar-refractivity contribution in [1.29, 1.82) is 0 Å². The van der Waals surface area contributed by atoms with Crippen LogP contribution in [0.25, 0.3) is 10.9 Å². The van der Waals surface area contributed by atoms with Crippen LogP contribution >= 0.6 is 0 Å². The smallest absolute Gasteiger partial charge is 0.245 e. The Morgan fingerprint density at radius 2 is 1.76 bits per heavy atom. The lowest BCUT2D eigenvalue weighted by Gasteiger charge is -2.34. The van der Waals surface area contributed by atoms with Gasteiger partial charge in [0.05, 0.1) is 18.5 Å². The lowest BCUT2D eigenvalue weighted by atomic mass is 10.1. The standard InChI is InChI=1S/C25H29N3O4S/c1-18-16-21-7-5-9-23(25(21)26-17-18)33(30,31)28-13-11-27(12-14-28)24(29)10-15-32-22-8-4-6-19(2)20(22)3/h4-9,16-17H,10-15H2,1-3H3. The second kappa shape index (κ2) is 9.49. The summed E-state index contributed by atoms with van der Waals surface area (Å²) in [7, 11) is -3.70. The highest BCUT2D eigenvalue weighted by Gasteiger charge is 2.31. The molecular formula is C25H29N3O4S. The number of benzene rings is 2. The molecule has 33 heavy (non-hydrogen) atoms. The van der Waals surface area contributed by atoms with Crippen LogP contribution in [0.3, 0.4) is 0 Å². The molecule has 0 bridgehead atoms.